The number of nitrogens with zero attached hydrogens (tertiary/aromatic N) is 1. The highest BCUT2D eigenvalue weighted by molar-refractivity contribution is 8.00. The van der Waals surface area contributed by atoms with E-state index in [1.165, 1.54) is 24.3 Å². The van der Waals surface area contributed by atoms with Crippen molar-refractivity contribution in [2.45, 2.75) is 22.9 Å². The van der Waals surface area contributed by atoms with Crippen molar-refractivity contribution in [3.05, 3.63) is 59.7 Å². The Bertz CT molecular complexity index is 1000. The van der Waals surface area contributed by atoms with Gasteiger partial charge in [0.1, 0.15) is 35.4 Å². The normalized spacial score (nSPS) is 20.1. The second kappa shape index (κ2) is 9.27. The molecule has 30 heavy (non-hydrogen) atoms. The Kier molecular flexibility index (Phi) is 6.93. The number of halogens is 2. The Hall–Kier alpha value is -2.25. The van der Waals surface area contributed by atoms with Crippen LogP contribution < -0.4 is 10.2 Å². The van der Waals surface area contributed by atoms with Crippen LogP contribution in [0.1, 0.15) is 5.56 Å². The molecule has 2 unspecified atom stereocenters. The Morgan fingerprint density at radius 1 is 1.20 bits per heavy atom. The van der Waals surface area contributed by atoms with E-state index in [1.807, 2.05) is 5.48 Å². The van der Waals surface area contributed by atoms with Gasteiger partial charge in [-0.3, -0.25) is 4.79 Å². The molecule has 12 heteroatoms. The van der Waals surface area contributed by atoms with Gasteiger partial charge in [0.2, 0.25) is 10.0 Å². The van der Waals surface area contributed by atoms with Gasteiger partial charge in [0.25, 0.3) is 0 Å². The van der Waals surface area contributed by atoms with Crippen molar-refractivity contribution in [3.8, 4) is 5.75 Å². The lowest BCUT2D eigenvalue weighted by Crippen LogP contribution is -2.57. The lowest BCUT2D eigenvalue weighted by molar-refractivity contribution is -0.142. The number of benzene rings is 2. The summed E-state index contributed by atoms with van der Waals surface area (Å²) in [5, 5.41) is 17.6. The van der Waals surface area contributed by atoms with E-state index in [-0.39, 0.29) is 29.4 Å². The number of rotatable bonds is 7. The van der Waals surface area contributed by atoms with Crippen LogP contribution in [0, 0.1) is 11.6 Å². The first-order valence-corrected chi connectivity index (χ1v) is 11.1. The summed E-state index contributed by atoms with van der Waals surface area (Å²) in [6, 6.07) is 6.71. The minimum atomic E-state index is -4.16. The van der Waals surface area contributed by atoms with E-state index in [0.717, 1.165) is 34.3 Å². The van der Waals surface area contributed by atoms with Crippen molar-refractivity contribution in [1.29, 1.82) is 0 Å². The zero-order valence-corrected chi connectivity index (χ0v) is 17.0. The van der Waals surface area contributed by atoms with Gasteiger partial charge >= 0.3 is 5.97 Å². The first kappa shape index (κ1) is 22.4. The number of sulfonamides is 1. The standard InChI is InChI=1S/C18H18F2N2O6S2/c19-12-7-11(8-13(20)9-12)10-28-14-1-3-15(4-2-14)30(26,27)22-5-6-29-17(21-25)16(22)18(23)24/h1-4,7-9,16-17,21,25H,5-6,10H2,(H,23,24). The van der Waals surface area contributed by atoms with Crippen LogP contribution in [0.4, 0.5) is 8.78 Å². The highest BCUT2D eigenvalue weighted by Crippen LogP contribution is 2.29. The van der Waals surface area contributed by atoms with Crippen molar-refractivity contribution in [2.24, 2.45) is 0 Å². The zero-order valence-electron chi connectivity index (χ0n) is 15.4. The van der Waals surface area contributed by atoms with E-state index in [4.69, 9.17) is 9.94 Å². The van der Waals surface area contributed by atoms with Gasteiger partial charge in [-0.25, -0.2) is 17.2 Å². The summed E-state index contributed by atoms with van der Waals surface area (Å²) in [7, 11) is -4.16. The highest BCUT2D eigenvalue weighted by Gasteiger charge is 2.44. The van der Waals surface area contributed by atoms with Crippen LogP contribution in [0.2, 0.25) is 0 Å². The number of thioether (sulfide) groups is 1. The largest absolute Gasteiger partial charge is 0.489 e. The Morgan fingerprint density at radius 2 is 1.83 bits per heavy atom. The molecule has 0 amide bonds. The third-order valence-electron chi connectivity index (χ3n) is 4.34. The van der Waals surface area contributed by atoms with Crippen LogP contribution >= 0.6 is 11.8 Å². The lowest BCUT2D eigenvalue weighted by Gasteiger charge is -2.36. The van der Waals surface area contributed by atoms with Crippen molar-refractivity contribution in [3.63, 3.8) is 0 Å². The van der Waals surface area contributed by atoms with Crippen molar-refractivity contribution >= 4 is 27.8 Å². The number of carboxylic acid groups (broad SMARTS) is 1. The summed E-state index contributed by atoms with van der Waals surface area (Å²) in [4.78, 5) is 11.4. The lowest BCUT2D eigenvalue weighted by atomic mass is 10.2. The summed E-state index contributed by atoms with van der Waals surface area (Å²) in [6.45, 7) is -0.166. The smallest absolute Gasteiger partial charge is 0.324 e. The van der Waals surface area contributed by atoms with E-state index in [0.29, 0.717) is 5.75 Å². The number of hydrogen-bond donors (Lipinski definition) is 3. The number of carbonyl (C=O) groups is 1. The average molecular weight is 460 g/mol. The highest BCUT2D eigenvalue weighted by atomic mass is 32.2. The van der Waals surface area contributed by atoms with Crippen LogP contribution in [0.5, 0.6) is 5.75 Å². The molecule has 0 spiro atoms. The quantitative estimate of drug-likeness (QED) is 0.538. The number of nitrogens with one attached hydrogen (secondary N) is 1. The van der Waals surface area contributed by atoms with Crippen LogP contribution in [-0.4, -0.2) is 52.7 Å². The molecule has 2 aromatic rings. The molecule has 0 radical (unpaired) electrons. The molecule has 8 nitrogen and oxygen atoms in total. The molecular formula is C18H18F2N2O6S2. The van der Waals surface area contributed by atoms with Crippen molar-refractivity contribution in [1.82, 2.24) is 9.79 Å². The summed E-state index contributed by atoms with van der Waals surface area (Å²) in [6.07, 6.45) is 0. The molecule has 1 fully saturated rings. The molecule has 1 saturated heterocycles. The molecule has 0 saturated carbocycles. The second-order valence-corrected chi connectivity index (χ2v) is 9.50. The summed E-state index contributed by atoms with van der Waals surface area (Å²) >= 11 is 1.10. The summed E-state index contributed by atoms with van der Waals surface area (Å²) < 4.78 is 58.6. The predicted octanol–water partition coefficient (Wildman–Crippen LogP) is 2.04. The van der Waals surface area contributed by atoms with Crippen LogP contribution in [0.15, 0.2) is 47.4 Å². The van der Waals surface area contributed by atoms with E-state index in [9.17, 15) is 27.1 Å². The van der Waals surface area contributed by atoms with Crippen LogP contribution in [0.25, 0.3) is 0 Å². The Morgan fingerprint density at radius 3 is 2.40 bits per heavy atom. The first-order valence-electron chi connectivity index (χ1n) is 8.66. The van der Waals surface area contributed by atoms with Gasteiger partial charge < -0.3 is 15.1 Å². The molecule has 0 aliphatic carbocycles. The molecule has 0 aromatic heterocycles. The zero-order chi connectivity index (χ0) is 21.9. The number of aliphatic carboxylic acids is 1. The van der Waals surface area contributed by atoms with Crippen molar-refractivity contribution in [2.75, 3.05) is 12.3 Å². The Balaban J connectivity index is 1.76. The number of carboxylic acids is 1. The van der Waals surface area contributed by atoms with Gasteiger partial charge in [0.05, 0.1) is 4.90 Å². The predicted molar refractivity (Wildman–Crippen MR) is 104 cm³/mol. The maximum Gasteiger partial charge on any atom is 0.324 e. The van der Waals surface area contributed by atoms with Crippen LogP contribution in [-0.2, 0) is 21.4 Å². The monoisotopic (exact) mass is 460 g/mol. The number of hydroxylamine groups is 1. The number of hydrogen-bond acceptors (Lipinski definition) is 7. The number of ether oxygens (including phenoxy) is 1. The topological polar surface area (TPSA) is 116 Å². The second-order valence-electron chi connectivity index (χ2n) is 6.36. The van der Waals surface area contributed by atoms with E-state index < -0.39 is 39.0 Å². The fraction of sp³-hybridized carbons (Fsp3) is 0.278. The minimum Gasteiger partial charge on any atom is -0.489 e. The summed E-state index contributed by atoms with van der Waals surface area (Å²) in [5.41, 5.74) is 2.11. The Labute approximate surface area is 175 Å². The van der Waals surface area contributed by atoms with Gasteiger partial charge in [0, 0.05) is 18.4 Å². The molecule has 1 aliphatic rings. The van der Waals surface area contributed by atoms with Gasteiger partial charge in [-0.15, -0.1) is 11.8 Å². The maximum atomic E-state index is 13.2. The van der Waals surface area contributed by atoms with Crippen molar-refractivity contribution < 1.29 is 37.0 Å². The van der Waals surface area contributed by atoms with Crippen LogP contribution in [0.3, 0.4) is 0 Å². The third kappa shape index (κ3) is 4.90. The molecule has 1 aliphatic heterocycles. The molecule has 3 N–H and O–H groups in total. The molecule has 1 heterocycles. The minimum absolute atomic E-state index is 0.0362. The van der Waals surface area contributed by atoms with Gasteiger partial charge in [0.15, 0.2) is 0 Å². The molecular weight excluding hydrogens is 442 g/mol. The van der Waals surface area contributed by atoms with E-state index in [2.05, 4.69) is 0 Å². The molecule has 2 aromatic carbocycles. The van der Waals surface area contributed by atoms with E-state index >= 15 is 0 Å². The summed E-state index contributed by atoms with van der Waals surface area (Å²) in [5.74, 6) is -2.30. The van der Waals surface area contributed by atoms with Gasteiger partial charge in [-0.05, 0) is 42.0 Å². The molecule has 0 bridgehead atoms. The maximum absolute atomic E-state index is 13.2. The third-order valence-corrected chi connectivity index (χ3v) is 7.38. The van der Waals surface area contributed by atoms with Gasteiger partial charge in [-0.1, -0.05) is 0 Å². The SMILES string of the molecule is O=C(O)C1C(NO)SCCN1S(=O)(=O)c1ccc(OCc2cc(F)cc(F)c2)cc1. The molecule has 162 valence electrons. The fourth-order valence-electron chi connectivity index (χ4n) is 2.99. The average Bonchev–Trinajstić information content (AvgIpc) is 2.71. The van der Waals surface area contributed by atoms with E-state index in [1.54, 1.807) is 0 Å². The molecule has 3 rings (SSSR count). The fourth-order valence-corrected chi connectivity index (χ4v) is 5.85. The molecule has 2 atom stereocenters. The van der Waals surface area contributed by atoms with Gasteiger partial charge in [-0.2, -0.15) is 9.79 Å². The first-order chi connectivity index (χ1) is 14.2.